The number of nitrogens with one attached hydrogen (secondary N) is 1. The van der Waals surface area contributed by atoms with Crippen LogP contribution in [-0.4, -0.2) is 13.7 Å². The Bertz CT molecular complexity index is 404. The van der Waals surface area contributed by atoms with Crippen LogP contribution in [0.3, 0.4) is 0 Å². The van der Waals surface area contributed by atoms with Gasteiger partial charge in [0.15, 0.2) is 0 Å². The van der Waals surface area contributed by atoms with E-state index in [0.29, 0.717) is 0 Å². The van der Waals surface area contributed by atoms with Crippen molar-refractivity contribution in [3.63, 3.8) is 0 Å². The van der Waals surface area contributed by atoms with Gasteiger partial charge < -0.3 is 10.1 Å². The fraction of sp³-hybridized carbons (Fsp3) is 0.600. The van der Waals surface area contributed by atoms with Crippen molar-refractivity contribution in [1.29, 1.82) is 0 Å². The van der Waals surface area contributed by atoms with Gasteiger partial charge in [-0.15, -0.1) is 0 Å². The zero-order valence-corrected chi connectivity index (χ0v) is 11.4. The van der Waals surface area contributed by atoms with Gasteiger partial charge in [-0.2, -0.15) is 0 Å². The van der Waals surface area contributed by atoms with E-state index in [1.807, 2.05) is 0 Å². The molecule has 0 spiro atoms. The lowest BCUT2D eigenvalue weighted by molar-refractivity contribution is 0.397. The summed E-state index contributed by atoms with van der Waals surface area (Å²) in [5, 5.41) is 3.50. The molecular weight excluding hydrogens is 210 g/mol. The maximum absolute atomic E-state index is 5.54. The molecule has 1 aliphatic rings. The number of methoxy groups -OCH3 is 1. The highest BCUT2D eigenvalue weighted by atomic mass is 16.5. The molecule has 1 heterocycles. The number of ether oxygens (including phenoxy) is 1. The summed E-state index contributed by atoms with van der Waals surface area (Å²) >= 11 is 0. The molecule has 2 rings (SSSR count). The SMILES string of the molecule is COc1cc2c(cc1C(C)(C)C)CCCCN2. The normalized spacial score (nSPS) is 15.8. The van der Waals surface area contributed by atoms with Gasteiger partial charge in [0.1, 0.15) is 5.75 Å². The molecule has 1 aliphatic heterocycles. The second-order valence-corrected chi connectivity index (χ2v) is 5.84. The van der Waals surface area contributed by atoms with Gasteiger partial charge in [0, 0.05) is 18.3 Å². The van der Waals surface area contributed by atoms with E-state index in [9.17, 15) is 0 Å². The summed E-state index contributed by atoms with van der Waals surface area (Å²) in [7, 11) is 1.76. The van der Waals surface area contributed by atoms with Crippen molar-refractivity contribution < 1.29 is 4.74 Å². The fourth-order valence-electron chi connectivity index (χ4n) is 2.41. The molecule has 17 heavy (non-hydrogen) atoms. The van der Waals surface area contributed by atoms with Crippen molar-refractivity contribution in [2.24, 2.45) is 0 Å². The highest BCUT2D eigenvalue weighted by Gasteiger charge is 2.21. The summed E-state index contributed by atoms with van der Waals surface area (Å²) in [5.41, 5.74) is 4.13. The van der Waals surface area contributed by atoms with E-state index in [1.165, 1.54) is 36.1 Å². The predicted octanol–water partition coefficient (Wildman–Crippen LogP) is 3.74. The van der Waals surface area contributed by atoms with Crippen molar-refractivity contribution >= 4 is 5.69 Å². The molecule has 0 fully saturated rings. The zero-order chi connectivity index (χ0) is 12.5. The topological polar surface area (TPSA) is 21.3 Å². The van der Waals surface area contributed by atoms with E-state index >= 15 is 0 Å². The molecule has 1 aromatic carbocycles. The Morgan fingerprint density at radius 2 is 1.94 bits per heavy atom. The summed E-state index contributed by atoms with van der Waals surface area (Å²) in [5.74, 6) is 1.01. The predicted molar refractivity (Wildman–Crippen MR) is 73.1 cm³/mol. The Kier molecular flexibility index (Phi) is 3.32. The van der Waals surface area contributed by atoms with E-state index in [2.05, 4.69) is 38.2 Å². The van der Waals surface area contributed by atoms with Crippen LogP contribution < -0.4 is 10.1 Å². The maximum atomic E-state index is 5.54. The second-order valence-electron chi connectivity index (χ2n) is 5.84. The van der Waals surface area contributed by atoms with Gasteiger partial charge in [-0.05, 0) is 41.9 Å². The lowest BCUT2D eigenvalue weighted by Gasteiger charge is -2.24. The molecule has 1 N–H and O–H groups in total. The summed E-state index contributed by atoms with van der Waals surface area (Å²) in [6, 6.07) is 4.49. The monoisotopic (exact) mass is 233 g/mol. The van der Waals surface area contributed by atoms with Gasteiger partial charge in [-0.1, -0.05) is 20.8 Å². The van der Waals surface area contributed by atoms with E-state index < -0.39 is 0 Å². The number of hydrogen-bond donors (Lipinski definition) is 1. The summed E-state index contributed by atoms with van der Waals surface area (Å²) < 4.78 is 5.54. The fourth-order valence-corrected chi connectivity index (χ4v) is 2.41. The van der Waals surface area contributed by atoms with Crippen LogP contribution >= 0.6 is 0 Å². The van der Waals surface area contributed by atoms with Crippen LogP contribution in [0.1, 0.15) is 44.7 Å². The molecule has 0 amide bonds. The third kappa shape index (κ3) is 2.56. The van der Waals surface area contributed by atoms with Crippen molar-refractivity contribution in [1.82, 2.24) is 0 Å². The first-order valence-electron chi connectivity index (χ1n) is 6.47. The van der Waals surface area contributed by atoms with E-state index in [-0.39, 0.29) is 5.41 Å². The quantitative estimate of drug-likeness (QED) is 0.797. The minimum atomic E-state index is 0.132. The van der Waals surface area contributed by atoms with E-state index in [1.54, 1.807) is 7.11 Å². The Morgan fingerprint density at radius 3 is 2.59 bits per heavy atom. The van der Waals surface area contributed by atoms with Gasteiger partial charge in [0.25, 0.3) is 0 Å². The lowest BCUT2D eigenvalue weighted by Crippen LogP contribution is -2.14. The molecule has 0 radical (unpaired) electrons. The van der Waals surface area contributed by atoms with E-state index in [4.69, 9.17) is 4.74 Å². The third-order valence-corrected chi connectivity index (χ3v) is 3.42. The molecule has 0 aromatic heterocycles. The molecule has 0 atom stereocenters. The van der Waals surface area contributed by atoms with Crippen LogP contribution in [0.5, 0.6) is 5.75 Å². The highest BCUT2D eigenvalue weighted by molar-refractivity contribution is 5.60. The first-order valence-corrected chi connectivity index (χ1v) is 6.47. The summed E-state index contributed by atoms with van der Waals surface area (Å²) in [6.07, 6.45) is 3.70. The molecule has 0 saturated carbocycles. The average molecular weight is 233 g/mol. The summed E-state index contributed by atoms with van der Waals surface area (Å²) in [4.78, 5) is 0. The largest absolute Gasteiger partial charge is 0.496 e. The molecular formula is C15H23NO. The van der Waals surface area contributed by atoms with Crippen LogP contribution in [0.25, 0.3) is 0 Å². The zero-order valence-electron chi connectivity index (χ0n) is 11.4. The molecule has 1 aromatic rings. The number of anilines is 1. The Labute approximate surface area is 104 Å². The van der Waals surface area contributed by atoms with Crippen molar-refractivity contribution in [2.75, 3.05) is 19.0 Å². The van der Waals surface area contributed by atoms with Gasteiger partial charge >= 0.3 is 0 Å². The Hall–Kier alpha value is -1.18. The molecule has 2 nitrogen and oxygen atoms in total. The van der Waals surface area contributed by atoms with E-state index in [0.717, 1.165) is 12.3 Å². The first-order chi connectivity index (χ1) is 8.02. The van der Waals surface area contributed by atoms with Crippen LogP contribution in [0.4, 0.5) is 5.69 Å². The molecule has 0 saturated heterocycles. The Morgan fingerprint density at radius 1 is 1.18 bits per heavy atom. The number of rotatable bonds is 1. The van der Waals surface area contributed by atoms with Crippen molar-refractivity contribution in [3.05, 3.63) is 23.3 Å². The molecule has 0 unspecified atom stereocenters. The number of fused-ring (bicyclic) bond motifs is 1. The Balaban J connectivity index is 2.50. The average Bonchev–Trinajstić information content (AvgIpc) is 2.50. The van der Waals surface area contributed by atoms with Gasteiger partial charge in [-0.3, -0.25) is 0 Å². The van der Waals surface area contributed by atoms with Crippen LogP contribution in [0.2, 0.25) is 0 Å². The van der Waals surface area contributed by atoms with Gasteiger partial charge in [0.05, 0.1) is 7.11 Å². The molecule has 0 bridgehead atoms. The number of aryl methyl sites for hydroxylation is 1. The van der Waals surface area contributed by atoms with Gasteiger partial charge in [0.2, 0.25) is 0 Å². The maximum Gasteiger partial charge on any atom is 0.124 e. The van der Waals surface area contributed by atoms with Crippen LogP contribution in [-0.2, 0) is 11.8 Å². The minimum Gasteiger partial charge on any atom is -0.496 e. The van der Waals surface area contributed by atoms with Crippen LogP contribution in [0.15, 0.2) is 12.1 Å². The highest BCUT2D eigenvalue weighted by Crippen LogP contribution is 2.36. The number of hydrogen-bond acceptors (Lipinski definition) is 2. The van der Waals surface area contributed by atoms with Crippen LogP contribution in [0, 0.1) is 0 Å². The lowest BCUT2D eigenvalue weighted by atomic mass is 9.84. The van der Waals surface area contributed by atoms with Crippen molar-refractivity contribution in [3.8, 4) is 5.75 Å². The minimum absolute atomic E-state index is 0.132. The van der Waals surface area contributed by atoms with Crippen molar-refractivity contribution in [2.45, 2.75) is 45.4 Å². The smallest absolute Gasteiger partial charge is 0.124 e. The van der Waals surface area contributed by atoms with Gasteiger partial charge in [-0.25, -0.2) is 0 Å². The summed E-state index contributed by atoms with van der Waals surface area (Å²) in [6.45, 7) is 7.79. The third-order valence-electron chi connectivity index (χ3n) is 3.42. The first kappa shape index (κ1) is 12.3. The second kappa shape index (κ2) is 4.59. The molecule has 0 aliphatic carbocycles. The molecule has 2 heteroatoms. The molecule has 94 valence electrons. The standard InChI is InChI=1S/C15H23NO/c1-15(2,3)12-9-11-7-5-6-8-16-13(11)10-14(12)17-4/h9-10,16H,5-8H2,1-4H3. The number of benzene rings is 1.